The van der Waals surface area contributed by atoms with Gasteiger partial charge in [-0.2, -0.15) is 0 Å². The number of hydrogen-bond donors (Lipinski definition) is 0. The second kappa shape index (κ2) is 4.11. The predicted molar refractivity (Wildman–Crippen MR) is 64.0 cm³/mol. The van der Waals surface area contributed by atoms with Crippen LogP contribution in [0.1, 0.15) is 25.5 Å². The quantitative estimate of drug-likeness (QED) is 0.756. The Morgan fingerprint density at radius 2 is 1.47 bits per heavy atom. The normalized spacial score (nSPS) is 20.9. The molecule has 1 unspecified atom stereocenters. The molecule has 0 amide bonds. The van der Waals surface area contributed by atoms with Crippen LogP contribution in [-0.2, 0) is 4.74 Å². The summed E-state index contributed by atoms with van der Waals surface area (Å²) in [6.45, 7) is 4.11. The number of epoxide rings is 1. The first-order valence-electron chi connectivity index (χ1n) is 5.51. The minimum atomic E-state index is -0.107. The molecule has 94 valence electrons. The number of benzene rings is 1. The Kier molecular flexibility index (Phi) is 2.91. The highest BCUT2D eigenvalue weighted by atomic mass is 16.6. The number of ether oxygens (including phenoxy) is 4. The van der Waals surface area contributed by atoms with Crippen molar-refractivity contribution in [2.75, 3.05) is 21.3 Å². The summed E-state index contributed by atoms with van der Waals surface area (Å²) in [6.07, 6.45) is 0.0937. The number of methoxy groups -OCH3 is 3. The molecular weight excluding hydrogens is 220 g/mol. The molecular formula is C13H18O4. The molecule has 1 atom stereocenters. The summed E-state index contributed by atoms with van der Waals surface area (Å²) in [5, 5.41) is 0. The lowest BCUT2D eigenvalue weighted by atomic mass is 10.0. The maximum atomic E-state index is 5.61. The van der Waals surface area contributed by atoms with Crippen molar-refractivity contribution in [2.24, 2.45) is 0 Å². The van der Waals surface area contributed by atoms with Crippen LogP contribution in [0.15, 0.2) is 12.1 Å². The summed E-state index contributed by atoms with van der Waals surface area (Å²) in [4.78, 5) is 0. The lowest BCUT2D eigenvalue weighted by Gasteiger charge is -2.13. The second-order valence-corrected chi connectivity index (χ2v) is 4.56. The fraction of sp³-hybridized carbons (Fsp3) is 0.538. The van der Waals surface area contributed by atoms with Crippen LogP contribution in [0, 0.1) is 0 Å². The van der Waals surface area contributed by atoms with Crippen molar-refractivity contribution in [3.8, 4) is 17.2 Å². The first-order chi connectivity index (χ1) is 8.03. The van der Waals surface area contributed by atoms with Crippen LogP contribution in [-0.4, -0.2) is 26.9 Å². The van der Waals surface area contributed by atoms with E-state index in [1.165, 1.54) is 0 Å². The molecule has 1 aromatic rings. The van der Waals surface area contributed by atoms with Crippen molar-refractivity contribution in [3.05, 3.63) is 17.7 Å². The van der Waals surface area contributed by atoms with Gasteiger partial charge in [0.15, 0.2) is 11.5 Å². The molecule has 1 heterocycles. The van der Waals surface area contributed by atoms with Gasteiger partial charge in [0.2, 0.25) is 5.75 Å². The number of hydrogen-bond acceptors (Lipinski definition) is 4. The van der Waals surface area contributed by atoms with Gasteiger partial charge in [-0.25, -0.2) is 0 Å². The van der Waals surface area contributed by atoms with Crippen molar-refractivity contribution in [1.29, 1.82) is 0 Å². The smallest absolute Gasteiger partial charge is 0.203 e. The van der Waals surface area contributed by atoms with Crippen molar-refractivity contribution in [3.63, 3.8) is 0 Å². The van der Waals surface area contributed by atoms with E-state index in [1.54, 1.807) is 21.3 Å². The summed E-state index contributed by atoms with van der Waals surface area (Å²) in [7, 11) is 4.82. The Hall–Kier alpha value is -1.42. The van der Waals surface area contributed by atoms with Crippen LogP contribution < -0.4 is 14.2 Å². The average molecular weight is 238 g/mol. The van der Waals surface area contributed by atoms with Crippen LogP contribution in [0.4, 0.5) is 0 Å². The number of rotatable bonds is 4. The highest BCUT2D eigenvalue weighted by Gasteiger charge is 2.49. The van der Waals surface area contributed by atoms with E-state index in [-0.39, 0.29) is 11.7 Å². The lowest BCUT2D eigenvalue weighted by molar-refractivity contribution is 0.317. The summed E-state index contributed by atoms with van der Waals surface area (Å²) in [6, 6.07) is 3.86. The molecule has 1 saturated heterocycles. The minimum absolute atomic E-state index is 0.0937. The molecule has 4 nitrogen and oxygen atoms in total. The van der Waals surface area contributed by atoms with Crippen LogP contribution in [0.25, 0.3) is 0 Å². The standard InChI is InChI=1S/C13H18O4/c1-13(2)12(17-13)8-6-9(14-3)11(16-5)10(7-8)15-4/h6-7,12H,1-5H3. The maximum Gasteiger partial charge on any atom is 0.203 e. The Labute approximate surface area is 101 Å². The molecule has 1 aromatic carbocycles. The topological polar surface area (TPSA) is 40.2 Å². The van der Waals surface area contributed by atoms with Gasteiger partial charge in [-0.3, -0.25) is 0 Å². The molecule has 0 N–H and O–H groups in total. The van der Waals surface area contributed by atoms with Gasteiger partial charge < -0.3 is 18.9 Å². The van der Waals surface area contributed by atoms with Gasteiger partial charge in [-0.15, -0.1) is 0 Å². The van der Waals surface area contributed by atoms with Crippen LogP contribution in [0.5, 0.6) is 17.2 Å². The summed E-state index contributed by atoms with van der Waals surface area (Å²) in [5.74, 6) is 1.93. The third kappa shape index (κ3) is 2.05. The highest BCUT2D eigenvalue weighted by molar-refractivity contribution is 5.55. The van der Waals surface area contributed by atoms with Gasteiger partial charge in [-0.1, -0.05) is 0 Å². The van der Waals surface area contributed by atoms with Gasteiger partial charge >= 0.3 is 0 Å². The van der Waals surface area contributed by atoms with Gasteiger partial charge in [0.1, 0.15) is 6.10 Å². The summed E-state index contributed by atoms with van der Waals surface area (Å²) >= 11 is 0. The van der Waals surface area contributed by atoms with Crippen LogP contribution in [0.3, 0.4) is 0 Å². The fourth-order valence-electron chi connectivity index (χ4n) is 1.99. The van der Waals surface area contributed by atoms with Gasteiger partial charge in [0.05, 0.1) is 26.9 Å². The van der Waals surface area contributed by atoms with E-state index in [0.717, 1.165) is 5.56 Å². The zero-order valence-electron chi connectivity index (χ0n) is 10.9. The van der Waals surface area contributed by atoms with E-state index in [4.69, 9.17) is 18.9 Å². The lowest BCUT2D eigenvalue weighted by Crippen LogP contribution is -2.00. The first-order valence-corrected chi connectivity index (χ1v) is 5.51. The Morgan fingerprint density at radius 3 is 1.76 bits per heavy atom. The molecule has 0 aromatic heterocycles. The predicted octanol–water partition coefficient (Wildman–Crippen LogP) is 2.56. The van der Waals surface area contributed by atoms with E-state index in [0.29, 0.717) is 17.2 Å². The third-order valence-electron chi connectivity index (χ3n) is 2.99. The molecule has 0 saturated carbocycles. The van der Waals surface area contributed by atoms with Crippen LogP contribution in [0.2, 0.25) is 0 Å². The Balaban J connectivity index is 2.43. The Morgan fingerprint density at radius 1 is 1.00 bits per heavy atom. The molecule has 2 rings (SSSR count). The maximum absolute atomic E-state index is 5.61. The molecule has 0 bridgehead atoms. The van der Waals surface area contributed by atoms with Gasteiger partial charge in [0, 0.05) is 0 Å². The van der Waals surface area contributed by atoms with Crippen molar-refractivity contribution < 1.29 is 18.9 Å². The van der Waals surface area contributed by atoms with Crippen molar-refractivity contribution in [1.82, 2.24) is 0 Å². The average Bonchev–Trinajstić information content (AvgIpc) is 2.96. The zero-order chi connectivity index (χ0) is 12.6. The van der Waals surface area contributed by atoms with E-state index in [9.17, 15) is 0 Å². The molecule has 0 radical (unpaired) electrons. The summed E-state index contributed by atoms with van der Waals surface area (Å²) < 4.78 is 21.5. The minimum Gasteiger partial charge on any atom is -0.493 e. The monoisotopic (exact) mass is 238 g/mol. The molecule has 1 aliphatic rings. The molecule has 0 spiro atoms. The molecule has 0 aliphatic carbocycles. The van der Waals surface area contributed by atoms with E-state index in [2.05, 4.69) is 13.8 Å². The van der Waals surface area contributed by atoms with Gasteiger partial charge in [0.25, 0.3) is 0 Å². The molecule has 4 heteroatoms. The van der Waals surface area contributed by atoms with Crippen molar-refractivity contribution in [2.45, 2.75) is 25.6 Å². The molecule has 1 aliphatic heterocycles. The van der Waals surface area contributed by atoms with E-state index >= 15 is 0 Å². The third-order valence-corrected chi connectivity index (χ3v) is 2.99. The molecule has 1 fully saturated rings. The van der Waals surface area contributed by atoms with Crippen molar-refractivity contribution >= 4 is 0 Å². The highest BCUT2D eigenvalue weighted by Crippen LogP contribution is 2.52. The molecule has 17 heavy (non-hydrogen) atoms. The second-order valence-electron chi connectivity index (χ2n) is 4.56. The van der Waals surface area contributed by atoms with E-state index in [1.807, 2.05) is 12.1 Å². The van der Waals surface area contributed by atoms with E-state index < -0.39 is 0 Å². The first kappa shape index (κ1) is 12.0. The Bertz CT molecular complexity index is 400. The van der Waals surface area contributed by atoms with Crippen LogP contribution >= 0.6 is 0 Å². The zero-order valence-corrected chi connectivity index (χ0v) is 10.9. The SMILES string of the molecule is COc1cc(C2OC2(C)C)cc(OC)c1OC. The summed E-state index contributed by atoms with van der Waals surface area (Å²) in [5.41, 5.74) is 0.939. The van der Waals surface area contributed by atoms with Gasteiger partial charge in [-0.05, 0) is 31.5 Å². The largest absolute Gasteiger partial charge is 0.493 e. The fourth-order valence-corrected chi connectivity index (χ4v) is 1.99.